The summed E-state index contributed by atoms with van der Waals surface area (Å²) in [5.41, 5.74) is 0.288. The summed E-state index contributed by atoms with van der Waals surface area (Å²) in [5.74, 6) is 0.380. The van der Waals surface area contributed by atoms with Gasteiger partial charge in [0.1, 0.15) is 5.75 Å². The molecular weight excluding hydrogens is 307 g/mol. The lowest BCUT2D eigenvalue weighted by Crippen LogP contribution is -2.43. The Balaban J connectivity index is 1.71. The zero-order valence-electron chi connectivity index (χ0n) is 12.3. The Morgan fingerprint density at radius 3 is 2.39 bits per heavy atom. The number of nitrogens with one attached hydrogen (secondary N) is 1. The van der Waals surface area contributed by atoms with E-state index in [1.807, 2.05) is 12.1 Å². The van der Waals surface area contributed by atoms with Gasteiger partial charge in [-0.3, -0.25) is 0 Å². The summed E-state index contributed by atoms with van der Waals surface area (Å²) in [6.45, 7) is 3.73. The second-order valence-corrected chi connectivity index (χ2v) is 5.21. The summed E-state index contributed by atoms with van der Waals surface area (Å²) >= 11 is 0. The van der Waals surface area contributed by atoms with Gasteiger partial charge in [0.2, 0.25) is 5.88 Å². The van der Waals surface area contributed by atoms with Crippen molar-refractivity contribution in [3.05, 3.63) is 48.2 Å². The molecule has 7 heteroatoms. The van der Waals surface area contributed by atoms with Crippen molar-refractivity contribution in [1.29, 1.82) is 0 Å². The predicted octanol–water partition coefficient (Wildman–Crippen LogP) is 3.30. The molecular formula is C16H16F3N3O. The maximum Gasteiger partial charge on any atom is 0.416 e. The smallest absolute Gasteiger partial charge is 0.416 e. The Hall–Kier alpha value is -2.28. The van der Waals surface area contributed by atoms with Crippen LogP contribution < -0.4 is 15.0 Å². The largest absolute Gasteiger partial charge is 0.439 e. The predicted molar refractivity (Wildman–Crippen MR) is 80.8 cm³/mol. The highest BCUT2D eigenvalue weighted by atomic mass is 19.4. The third-order valence-corrected chi connectivity index (χ3v) is 3.60. The molecule has 0 atom stereocenters. The third kappa shape index (κ3) is 3.92. The minimum atomic E-state index is -4.41. The van der Waals surface area contributed by atoms with Gasteiger partial charge < -0.3 is 15.0 Å². The van der Waals surface area contributed by atoms with E-state index in [1.54, 1.807) is 12.1 Å². The van der Waals surface area contributed by atoms with Gasteiger partial charge in [0.15, 0.2) is 0 Å². The van der Waals surface area contributed by atoms with Gasteiger partial charge in [-0.1, -0.05) is 0 Å². The monoisotopic (exact) mass is 323 g/mol. The van der Waals surface area contributed by atoms with Gasteiger partial charge in [0.05, 0.1) is 5.56 Å². The number of nitrogens with zero attached hydrogens (tertiary/aromatic N) is 2. The molecule has 0 radical (unpaired) electrons. The van der Waals surface area contributed by atoms with Crippen LogP contribution in [-0.2, 0) is 6.18 Å². The van der Waals surface area contributed by atoms with E-state index in [-0.39, 0.29) is 5.88 Å². The molecule has 23 heavy (non-hydrogen) atoms. The zero-order valence-corrected chi connectivity index (χ0v) is 12.3. The molecule has 1 fully saturated rings. The fourth-order valence-corrected chi connectivity index (χ4v) is 2.41. The van der Waals surface area contributed by atoms with Crippen LogP contribution in [0.3, 0.4) is 0 Å². The number of ether oxygens (including phenoxy) is 1. The highest BCUT2D eigenvalue weighted by molar-refractivity contribution is 5.50. The number of piperazine rings is 1. The van der Waals surface area contributed by atoms with Crippen molar-refractivity contribution < 1.29 is 17.9 Å². The highest BCUT2D eigenvalue weighted by Crippen LogP contribution is 2.31. The van der Waals surface area contributed by atoms with E-state index in [1.165, 1.54) is 0 Å². The van der Waals surface area contributed by atoms with Crippen LogP contribution in [0.4, 0.5) is 18.9 Å². The van der Waals surface area contributed by atoms with Crippen LogP contribution in [-0.4, -0.2) is 31.2 Å². The lowest BCUT2D eigenvalue weighted by molar-refractivity contribution is -0.137. The molecule has 1 aliphatic rings. The van der Waals surface area contributed by atoms with Crippen LogP contribution in [0.5, 0.6) is 11.6 Å². The molecule has 2 aromatic rings. The molecule has 1 saturated heterocycles. The molecule has 0 saturated carbocycles. The number of alkyl halides is 3. The van der Waals surface area contributed by atoms with Gasteiger partial charge >= 0.3 is 6.18 Å². The average molecular weight is 323 g/mol. The molecule has 0 unspecified atom stereocenters. The van der Waals surface area contributed by atoms with E-state index in [9.17, 15) is 13.2 Å². The first-order valence-corrected chi connectivity index (χ1v) is 7.29. The number of aromatic nitrogens is 1. The molecule has 0 spiro atoms. The average Bonchev–Trinajstić information content (AvgIpc) is 2.56. The summed E-state index contributed by atoms with van der Waals surface area (Å²) in [6, 6.07) is 9.08. The van der Waals surface area contributed by atoms with Crippen LogP contribution in [0.25, 0.3) is 0 Å². The third-order valence-electron chi connectivity index (χ3n) is 3.60. The van der Waals surface area contributed by atoms with Crippen molar-refractivity contribution >= 4 is 5.69 Å². The first kappa shape index (κ1) is 15.6. The van der Waals surface area contributed by atoms with Crippen molar-refractivity contribution in [1.82, 2.24) is 10.3 Å². The van der Waals surface area contributed by atoms with Gasteiger partial charge in [0, 0.05) is 44.1 Å². The molecule has 2 heterocycles. The minimum absolute atomic E-state index is 0.0743. The Kier molecular flexibility index (Phi) is 4.38. The Bertz CT molecular complexity index is 652. The van der Waals surface area contributed by atoms with E-state index in [0.29, 0.717) is 5.75 Å². The maximum atomic E-state index is 12.7. The van der Waals surface area contributed by atoms with Crippen LogP contribution in [0, 0.1) is 0 Å². The van der Waals surface area contributed by atoms with Crippen molar-refractivity contribution in [2.45, 2.75) is 6.18 Å². The number of rotatable bonds is 3. The summed E-state index contributed by atoms with van der Waals surface area (Å²) in [4.78, 5) is 6.06. The number of halogens is 3. The number of benzene rings is 1. The van der Waals surface area contributed by atoms with Crippen LogP contribution >= 0.6 is 0 Å². The van der Waals surface area contributed by atoms with Crippen LogP contribution in [0.1, 0.15) is 5.56 Å². The Morgan fingerprint density at radius 1 is 1.04 bits per heavy atom. The van der Waals surface area contributed by atoms with Crippen molar-refractivity contribution in [2.75, 3.05) is 31.1 Å². The molecule has 4 nitrogen and oxygen atoms in total. The second-order valence-electron chi connectivity index (χ2n) is 5.21. The topological polar surface area (TPSA) is 37.4 Å². The molecule has 1 aliphatic heterocycles. The molecule has 3 rings (SSSR count). The van der Waals surface area contributed by atoms with Crippen molar-refractivity contribution in [3.8, 4) is 11.6 Å². The number of anilines is 1. The molecule has 1 aromatic heterocycles. The summed E-state index contributed by atoms with van der Waals surface area (Å²) in [7, 11) is 0. The molecule has 1 aromatic carbocycles. The lowest BCUT2D eigenvalue weighted by atomic mass is 10.2. The van der Waals surface area contributed by atoms with E-state index in [4.69, 9.17) is 4.74 Å². The van der Waals surface area contributed by atoms with Crippen molar-refractivity contribution in [3.63, 3.8) is 0 Å². The summed E-state index contributed by atoms with van der Waals surface area (Å²) in [5, 5.41) is 3.28. The van der Waals surface area contributed by atoms with Gasteiger partial charge in [-0.05, 0) is 30.3 Å². The van der Waals surface area contributed by atoms with Crippen LogP contribution in [0.15, 0.2) is 42.6 Å². The summed E-state index contributed by atoms with van der Waals surface area (Å²) < 4.78 is 43.4. The SMILES string of the molecule is FC(F)(F)c1ccnc(Oc2ccc(N3CCNCC3)cc2)c1. The van der Waals surface area contributed by atoms with E-state index >= 15 is 0 Å². The quantitative estimate of drug-likeness (QED) is 0.940. The van der Waals surface area contributed by atoms with Gasteiger partial charge in [0.25, 0.3) is 0 Å². The van der Waals surface area contributed by atoms with Crippen molar-refractivity contribution in [2.24, 2.45) is 0 Å². The van der Waals surface area contributed by atoms with E-state index in [2.05, 4.69) is 15.2 Å². The fraction of sp³-hybridized carbons (Fsp3) is 0.312. The first-order valence-electron chi connectivity index (χ1n) is 7.29. The van der Waals surface area contributed by atoms with Gasteiger partial charge in [-0.15, -0.1) is 0 Å². The number of hydrogen-bond acceptors (Lipinski definition) is 4. The number of pyridine rings is 1. The normalized spacial score (nSPS) is 15.5. The minimum Gasteiger partial charge on any atom is -0.439 e. The zero-order chi connectivity index (χ0) is 16.3. The molecule has 122 valence electrons. The summed E-state index contributed by atoms with van der Waals surface area (Å²) in [6.07, 6.45) is -3.32. The molecule has 0 bridgehead atoms. The Morgan fingerprint density at radius 2 is 1.74 bits per heavy atom. The lowest BCUT2D eigenvalue weighted by Gasteiger charge is -2.29. The molecule has 0 amide bonds. The highest BCUT2D eigenvalue weighted by Gasteiger charge is 2.31. The second kappa shape index (κ2) is 6.45. The molecule has 0 aliphatic carbocycles. The van der Waals surface area contributed by atoms with Gasteiger partial charge in [-0.25, -0.2) is 4.98 Å². The first-order chi connectivity index (χ1) is 11.0. The number of hydrogen-bond donors (Lipinski definition) is 1. The van der Waals surface area contributed by atoms with E-state index in [0.717, 1.165) is 50.2 Å². The van der Waals surface area contributed by atoms with Crippen LogP contribution in [0.2, 0.25) is 0 Å². The van der Waals surface area contributed by atoms with Gasteiger partial charge in [-0.2, -0.15) is 13.2 Å². The van der Waals surface area contributed by atoms with E-state index < -0.39 is 11.7 Å². The Labute approximate surface area is 131 Å². The standard InChI is InChI=1S/C16H16F3N3O/c17-16(18,19)12-5-6-21-15(11-12)23-14-3-1-13(2-4-14)22-9-7-20-8-10-22/h1-6,11,20H,7-10H2. The maximum absolute atomic E-state index is 12.7. The fourth-order valence-electron chi connectivity index (χ4n) is 2.41. The molecule has 1 N–H and O–H groups in total.